The minimum atomic E-state index is -1.15. The predicted octanol–water partition coefficient (Wildman–Crippen LogP) is 6.90. The van der Waals surface area contributed by atoms with Crippen molar-refractivity contribution in [2.45, 2.75) is 25.9 Å². The van der Waals surface area contributed by atoms with Crippen LogP contribution in [0.15, 0.2) is 89.3 Å². The molecule has 5 nitrogen and oxygen atoms in total. The van der Waals surface area contributed by atoms with Gasteiger partial charge in [0.15, 0.2) is 0 Å². The number of nitrogens with zero attached hydrogens (tertiary/aromatic N) is 1. The molecule has 1 atom stereocenters. The Bertz CT molecular complexity index is 1350. The topological polar surface area (TPSA) is 70.8 Å². The fourth-order valence-electron chi connectivity index (χ4n) is 3.89. The zero-order valence-corrected chi connectivity index (χ0v) is 20.5. The first-order valence-corrected chi connectivity index (χ1v) is 11.8. The van der Waals surface area contributed by atoms with Crippen molar-refractivity contribution in [1.82, 2.24) is 4.90 Å². The Kier molecular flexibility index (Phi) is 7.59. The lowest BCUT2D eigenvalue weighted by molar-refractivity contribution is -0.142. The summed E-state index contributed by atoms with van der Waals surface area (Å²) in [7, 11) is 0. The molecule has 35 heavy (non-hydrogen) atoms. The van der Waals surface area contributed by atoms with Crippen molar-refractivity contribution in [3.8, 4) is 11.3 Å². The van der Waals surface area contributed by atoms with Crippen molar-refractivity contribution in [3.05, 3.63) is 117 Å². The highest BCUT2D eigenvalue weighted by Crippen LogP contribution is 2.27. The molecule has 0 saturated carbocycles. The number of halogens is 2. The van der Waals surface area contributed by atoms with E-state index >= 15 is 0 Å². The number of amides is 1. The average Bonchev–Trinajstić information content (AvgIpc) is 3.30. The lowest BCUT2D eigenvalue weighted by Gasteiger charge is -2.29. The van der Waals surface area contributed by atoms with Crippen molar-refractivity contribution >= 4 is 35.1 Å². The van der Waals surface area contributed by atoms with Crippen LogP contribution in [0.2, 0.25) is 10.0 Å². The predicted molar refractivity (Wildman–Crippen MR) is 137 cm³/mol. The lowest BCUT2D eigenvalue weighted by atomic mass is 10.0. The maximum atomic E-state index is 13.6. The van der Waals surface area contributed by atoms with Crippen LogP contribution < -0.4 is 0 Å². The minimum absolute atomic E-state index is 0.0482. The third-order valence-corrected chi connectivity index (χ3v) is 6.19. The number of rotatable bonds is 8. The second kappa shape index (κ2) is 10.8. The normalized spacial score (nSPS) is 11.7. The molecule has 178 valence electrons. The number of carboxylic acids is 1. The zero-order chi connectivity index (χ0) is 24.9. The number of benzene rings is 3. The van der Waals surface area contributed by atoms with Gasteiger partial charge in [-0.25, -0.2) is 4.79 Å². The number of carbonyl (C=O) groups is 2. The summed E-state index contributed by atoms with van der Waals surface area (Å²) >= 11 is 12.3. The number of aryl methyl sites for hydroxylation is 1. The van der Waals surface area contributed by atoms with Gasteiger partial charge in [0.1, 0.15) is 17.6 Å². The van der Waals surface area contributed by atoms with Crippen LogP contribution in [0.4, 0.5) is 0 Å². The van der Waals surface area contributed by atoms with Gasteiger partial charge in [-0.2, -0.15) is 0 Å². The van der Waals surface area contributed by atoms with Gasteiger partial charge in [-0.15, -0.1) is 0 Å². The van der Waals surface area contributed by atoms with E-state index in [1.54, 1.807) is 12.1 Å². The Morgan fingerprint density at radius 3 is 2.40 bits per heavy atom. The molecule has 3 aromatic carbocycles. The van der Waals surface area contributed by atoms with Crippen LogP contribution in [-0.4, -0.2) is 27.9 Å². The van der Waals surface area contributed by atoms with Crippen molar-refractivity contribution in [2.24, 2.45) is 0 Å². The second-order valence-electron chi connectivity index (χ2n) is 8.24. The first-order valence-electron chi connectivity index (χ1n) is 11.0. The molecule has 0 bridgehead atoms. The fraction of sp³-hybridized carbons (Fsp3) is 0.143. The van der Waals surface area contributed by atoms with E-state index in [2.05, 4.69) is 0 Å². The van der Waals surface area contributed by atoms with Crippen LogP contribution in [0.1, 0.15) is 27.2 Å². The van der Waals surface area contributed by atoms with Crippen molar-refractivity contribution < 1.29 is 19.1 Å². The van der Waals surface area contributed by atoms with Gasteiger partial charge < -0.3 is 14.4 Å². The van der Waals surface area contributed by atoms with Crippen molar-refractivity contribution in [1.29, 1.82) is 0 Å². The average molecular weight is 508 g/mol. The van der Waals surface area contributed by atoms with E-state index in [0.29, 0.717) is 16.5 Å². The minimum Gasteiger partial charge on any atom is -0.480 e. The highest BCUT2D eigenvalue weighted by molar-refractivity contribution is 6.36. The first kappa shape index (κ1) is 24.6. The van der Waals surface area contributed by atoms with Gasteiger partial charge in [-0.05, 0) is 48.9 Å². The Morgan fingerprint density at radius 2 is 1.71 bits per heavy atom. The van der Waals surface area contributed by atoms with Crippen LogP contribution in [0, 0.1) is 6.92 Å². The SMILES string of the molecule is Cc1cccc(-c2ccc(CN(C(=O)c3ccc(Cl)cc3Cl)[C@@H](Cc3ccccc3)C(=O)O)o2)c1. The molecule has 0 aliphatic heterocycles. The van der Waals surface area contributed by atoms with E-state index in [1.165, 1.54) is 17.0 Å². The Labute approximate surface area is 213 Å². The number of hydrogen-bond acceptors (Lipinski definition) is 3. The summed E-state index contributed by atoms with van der Waals surface area (Å²) in [5.41, 5.74) is 2.94. The summed E-state index contributed by atoms with van der Waals surface area (Å²) in [5.74, 6) is -0.559. The molecule has 1 aromatic heterocycles. The smallest absolute Gasteiger partial charge is 0.326 e. The van der Waals surface area contributed by atoms with E-state index in [0.717, 1.165) is 16.7 Å². The van der Waals surface area contributed by atoms with E-state index in [1.807, 2.05) is 67.6 Å². The molecule has 4 rings (SSSR count). The molecular weight excluding hydrogens is 485 g/mol. The number of furan rings is 1. The monoisotopic (exact) mass is 507 g/mol. The summed E-state index contributed by atoms with van der Waals surface area (Å²) in [4.78, 5) is 27.3. The van der Waals surface area contributed by atoms with Crippen molar-refractivity contribution in [2.75, 3.05) is 0 Å². The first-order chi connectivity index (χ1) is 16.8. The van der Waals surface area contributed by atoms with Gasteiger partial charge in [0.2, 0.25) is 0 Å². The molecule has 1 heterocycles. The van der Waals surface area contributed by atoms with Gasteiger partial charge in [0.25, 0.3) is 5.91 Å². The molecule has 0 spiro atoms. The number of carbonyl (C=O) groups excluding carboxylic acids is 1. The van der Waals surface area contributed by atoms with E-state index < -0.39 is 17.9 Å². The maximum absolute atomic E-state index is 13.6. The summed E-state index contributed by atoms with van der Waals surface area (Å²) in [6.45, 7) is 1.94. The van der Waals surface area contributed by atoms with Crippen molar-refractivity contribution in [3.63, 3.8) is 0 Å². The molecule has 1 N–H and O–H groups in total. The molecule has 0 unspecified atom stereocenters. The largest absolute Gasteiger partial charge is 0.480 e. The molecule has 0 radical (unpaired) electrons. The van der Waals surface area contributed by atoms with Gasteiger partial charge in [-0.3, -0.25) is 4.79 Å². The Balaban J connectivity index is 1.70. The molecule has 4 aromatic rings. The van der Waals surface area contributed by atoms with Gasteiger partial charge in [-0.1, -0.05) is 77.3 Å². The summed E-state index contributed by atoms with van der Waals surface area (Å²) in [6.07, 6.45) is 0.124. The van der Waals surface area contributed by atoms with Crippen LogP contribution in [0.25, 0.3) is 11.3 Å². The molecule has 0 fully saturated rings. The summed E-state index contributed by atoms with van der Waals surface area (Å²) in [6, 6.07) is 24.0. The third-order valence-electron chi connectivity index (χ3n) is 5.65. The van der Waals surface area contributed by atoms with E-state index in [9.17, 15) is 14.7 Å². The van der Waals surface area contributed by atoms with E-state index in [4.69, 9.17) is 27.6 Å². The van der Waals surface area contributed by atoms with Gasteiger partial charge >= 0.3 is 5.97 Å². The molecule has 0 aliphatic rings. The lowest BCUT2D eigenvalue weighted by Crippen LogP contribution is -2.46. The van der Waals surface area contributed by atoms with Crippen LogP contribution >= 0.6 is 23.2 Å². The Morgan fingerprint density at radius 1 is 0.943 bits per heavy atom. The number of aliphatic carboxylic acids is 1. The van der Waals surface area contributed by atoms with E-state index in [-0.39, 0.29) is 23.6 Å². The third kappa shape index (κ3) is 5.94. The summed E-state index contributed by atoms with van der Waals surface area (Å²) in [5, 5.41) is 10.7. The molecule has 1 amide bonds. The highest BCUT2D eigenvalue weighted by atomic mass is 35.5. The molecule has 0 saturated heterocycles. The zero-order valence-electron chi connectivity index (χ0n) is 18.9. The van der Waals surface area contributed by atoms with Gasteiger partial charge in [0, 0.05) is 17.0 Å². The van der Waals surface area contributed by atoms with Gasteiger partial charge in [0.05, 0.1) is 17.1 Å². The van der Waals surface area contributed by atoms with Crippen LogP contribution in [-0.2, 0) is 17.8 Å². The number of hydrogen-bond donors (Lipinski definition) is 1. The molecule has 7 heteroatoms. The second-order valence-corrected chi connectivity index (χ2v) is 9.08. The maximum Gasteiger partial charge on any atom is 0.326 e. The summed E-state index contributed by atoms with van der Waals surface area (Å²) < 4.78 is 6.03. The standard InChI is InChI=1S/C28H23Cl2NO4/c1-18-6-5-9-20(14-18)26-13-11-22(35-26)17-31(27(32)23-12-10-21(29)16-24(23)30)25(28(33)34)15-19-7-3-2-4-8-19/h2-14,16,25H,15,17H2,1H3,(H,33,34)/t25-/m0/s1. The van der Waals surface area contributed by atoms with Crippen LogP contribution in [0.3, 0.4) is 0 Å². The Hall–Kier alpha value is -3.54. The van der Waals surface area contributed by atoms with Crippen LogP contribution in [0.5, 0.6) is 0 Å². The fourth-order valence-corrected chi connectivity index (χ4v) is 4.38. The molecule has 0 aliphatic carbocycles. The quantitative estimate of drug-likeness (QED) is 0.281. The molecular formula is C28H23Cl2NO4. The number of carboxylic acid groups (broad SMARTS) is 1. The highest BCUT2D eigenvalue weighted by Gasteiger charge is 2.32.